The third-order valence-electron chi connectivity index (χ3n) is 3.03. The molecule has 0 saturated carbocycles. The molecule has 4 heteroatoms. The van der Waals surface area contributed by atoms with Crippen LogP contribution in [0.5, 0.6) is 11.5 Å². The van der Waals surface area contributed by atoms with Gasteiger partial charge in [0.2, 0.25) is 0 Å². The van der Waals surface area contributed by atoms with Crippen LogP contribution in [-0.4, -0.2) is 10.2 Å². The van der Waals surface area contributed by atoms with Gasteiger partial charge in [0.1, 0.15) is 0 Å². The largest absolute Gasteiger partial charge is 0.505 e. The molecule has 0 spiro atoms. The van der Waals surface area contributed by atoms with Gasteiger partial charge in [0.15, 0.2) is 23.1 Å². The Morgan fingerprint density at radius 2 is 0.889 bits per heavy atom. The van der Waals surface area contributed by atoms with Crippen LogP contribution in [0.15, 0.2) is 36.4 Å². The van der Waals surface area contributed by atoms with Crippen LogP contribution in [0.25, 0.3) is 21.5 Å². The highest BCUT2D eigenvalue weighted by molar-refractivity contribution is 6.08. The highest BCUT2D eigenvalue weighted by atomic mass is 19.1. The summed E-state index contributed by atoms with van der Waals surface area (Å²) in [6.45, 7) is 0. The first-order valence-corrected chi connectivity index (χ1v) is 5.31. The Morgan fingerprint density at radius 3 is 1.28 bits per heavy atom. The van der Waals surface area contributed by atoms with Crippen LogP contribution in [-0.2, 0) is 0 Å². The summed E-state index contributed by atoms with van der Waals surface area (Å²) < 4.78 is 27.4. The predicted molar refractivity (Wildman–Crippen MR) is 64.7 cm³/mol. The molecule has 0 aliphatic carbocycles. The van der Waals surface area contributed by atoms with E-state index in [1.54, 1.807) is 0 Å². The Balaban J connectivity index is 2.56. The molecule has 3 aromatic rings. The second kappa shape index (κ2) is 3.57. The van der Waals surface area contributed by atoms with Crippen LogP contribution < -0.4 is 0 Å². The second-order valence-electron chi connectivity index (χ2n) is 4.05. The molecule has 90 valence electrons. The van der Waals surface area contributed by atoms with Crippen LogP contribution in [0.2, 0.25) is 0 Å². The van der Waals surface area contributed by atoms with Crippen molar-refractivity contribution in [2.75, 3.05) is 0 Å². The van der Waals surface area contributed by atoms with Gasteiger partial charge in [-0.2, -0.15) is 0 Å². The monoisotopic (exact) mass is 246 g/mol. The zero-order valence-electron chi connectivity index (χ0n) is 9.11. The molecule has 0 unspecified atom stereocenters. The molecule has 3 rings (SSSR count). The van der Waals surface area contributed by atoms with Crippen molar-refractivity contribution >= 4 is 21.5 Å². The van der Waals surface area contributed by atoms with Crippen LogP contribution in [0.3, 0.4) is 0 Å². The fourth-order valence-electron chi connectivity index (χ4n) is 2.13. The van der Waals surface area contributed by atoms with E-state index in [1.165, 1.54) is 36.4 Å². The molecule has 0 bridgehead atoms. The third-order valence-corrected chi connectivity index (χ3v) is 3.03. The average molecular weight is 246 g/mol. The van der Waals surface area contributed by atoms with E-state index in [2.05, 4.69) is 0 Å². The lowest BCUT2D eigenvalue weighted by Crippen LogP contribution is -1.86. The topological polar surface area (TPSA) is 40.5 Å². The average Bonchev–Trinajstić information content (AvgIpc) is 2.38. The van der Waals surface area contributed by atoms with Gasteiger partial charge >= 0.3 is 0 Å². The maximum Gasteiger partial charge on any atom is 0.172 e. The molecule has 0 amide bonds. The summed E-state index contributed by atoms with van der Waals surface area (Å²) in [6.07, 6.45) is 0. The van der Waals surface area contributed by atoms with E-state index in [0.717, 1.165) is 0 Å². The summed E-state index contributed by atoms with van der Waals surface area (Å²) in [5.74, 6) is -2.35. The minimum Gasteiger partial charge on any atom is -0.505 e. The normalized spacial score (nSPS) is 11.2. The first-order valence-electron chi connectivity index (χ1n) is 5.31. The highest BCUT2D eigenvalue weighted by Crippen LogP contribution is 2.34. The second-order valence-corrected chi connectivity index (χ2v) is 4.05. The fraction of sp³-hybridized carbons (Fsp3) is 0. The lowest BCUT2D eigenvalue weighted by atomic mass is 10.0. The van der Waals surface area contributed by atoms with Crippen LogP contribution in [0, 0.1) is 11.6 Å². The standard InChI is InChI=1S/C14H8F2O2/c15-13-9-1-2-10-8(4-6-12(18)14(10)16)7(9)3-5-11(13)17/h1-6,17-18H. The number of phenolic OH excluding ortho intramolecular Hbond substituents is 2. The molecular weight excluding hydrogens is 238 g/mol. The number of hydrogen-bond acceptors (Lipinski definition) is 2. The molecule has 3 aromatic carbocycles. The molecule has 0 fully saturated rings. The zero-order chi connectivity index (χ0) is 12.9. The summed E-state index contributed by atoms with van der Waals surface area (Å²) in [4.78, 5) is 0. The van der Waals surface area contributed by atoms with Gasteiger partial charge in [0.25, 0.3) is 0 Å². The molecule has 0 aromatic heterocycles. The number of phenols is 2. The summed E-state index contributed by atoms with van der Waals surface area (Å²) in [6, 6.07) is 8.26. The van der Waals surface area contributed by atoms with Crippen molar-refractivity contribution in [1.82, 2.24) is 0 Å². The number of rotatable bonds is 0. The Labute approximate surface area is 101 Å². The molecule has 18 heavy (non-hydrogen) atoms. The Hall–Kier alpha value is -2.36. The molecule has 0 saturated heterocycles. The summed E-state index contributed by atoms with van der Waals surface area (Å²) in [7, 11) is 0. The zero-order valence-corrected chi connectivity index (χ0v) is 9.11. The maximum atomic E-state index is 13.7. The molecule has 0 radical (unpaired) electrons. The number of hydrogen-bond donors (Lipinski definition) is 2. The lowest BCUT2D eigenvalue weighted by Gasteiger charge is -2.07. The molecule has 0 aliphatic heterocycles. The molecular formula is C14H8F2O2. The maximum absolute atomic E-state index is 13.7. The number of fused-ring (bicyclic) bond motifs is 3. The first kappa shape index (κ1) is 10.8. The van der Waals surface area contributed by atoms with Crippen molar-refractivity contribution in [2.24, 2.45) is 0 Å². The summed E-state index contributed by atoms with van der Waals surface area (Å²) >= 11 is 0. The number of benzene rings is 3. The number of aromatic hydroxyl groups is 2. The Morgan fingerprint density at radius 1 is 0.556 bits per heavy atom. The van der Waals surface area contributed by atoms with Gasteiger partial charge in [-0.3, -0.25) is 0 Å². The van der Waals surface area contributed by atoms with Gasteiger partial charge < -0.3 is 10.2 Å². The van der Waals surface area contributed by atoms with Crippen molar-refractivity contribution < 1.29 is 19.0 Å². The van der Waals surface area contributed by atoms with Crippen LogP contribution in [0.4, 0.5) is 8.78 Å². The smallest absolute Gasteiger partial charge is 0.172 e. The van der Waals surface area contributed by atoms with Crippen molar-refractivity contribution in [3.8, 4) is 11.5 Å². The first-order chi connectivity index (χ1) is 8.59. The van der Waals surface area contributed by atoms with Crippen molar-refractivity contribution in [1.29, 1.82) is 0 Å². The fourth-order valence-corrected chi connectivity index (χ4v) is 2.13. The van der Waals surface area contributed by atoms with E-state index in [4.69, 9.17) is 0 Å². The van der Waals surface area contributed by atoms with E-state index < -0.39 is 23.1 Å². The number of halogens is 2. The van der Waals surface area contributed by atoms with Gasteiger partial charge in [0, 0.05) is 10.8 Å². The van der Waals surface area contributed by atoms with Crippen molar-refractivity contribution in [3.63, 3.8) is 0 Å². The Bertz CT molecular complexity index is 715. The molecule has 0 atom stereocenters. The quantitative estimate of drug-likeness (QED) is 0.594. The summed E-state index contributed by atoms with van der Waals surface area (Å²) in [5, 5.41) is 20.0. The van der Waals surface area contributed by atoms with E-state index >= 15 is 0 Å². The van der Waals surface area contributed by atoms with Gasteiger partial charge in [-0.1, -0.05) is 12.1 Å². The predicted octanol–water partition coefficient (Wildman–Crippen LogP) is 3.68. The van der Waals surface area contributed by atoms with Gasteiger partial charge in [0.05, 0.1) is 0 Å². The highest BCUT2D eigenvalue weighted by Gasteiger charge is 2.12. The Kier molecular flexibility index (Phi) is 2.13. The molecule has 0 aliphatic rings. The van der Waals surface area contributed by atoms with Crippen molar-refractivity contribution in [3.05, 3.63) is 48.0 Å². The van der Waals surface area contributed by atoms with E-state index in [-0.39, 0.29) is 10.8 Å². The molecule has 0 heterocycles. The van der Waals surface area contributed by atoms with Crippen LogP contribution in [0.1, 0.15) is 0 Å². The minimum absolute atomic E-state index is 0.215. The molecule has 2 nitrogen and oxygen atoms in total. The van der Waals surface area contributed by atoms with Gasteiger partial charge in [-0.25, -0.2) is 8.78 Å². The lowest BCUT2D eigenvalue weighted by molar-refractivity contribution is 0.435. The van der Waals surface area contributed by atoms with E-state index in [1.807, 2.05) is 0 Å². The van der Waals surface area contributed by atoms with Gasteiger partial charge in [-0.15, -0.1) is 0 Å². The SMILES string of the molecule is Oc1ccc2c(ccc3c(F)c(O)ccc32)c1F. The minimum atomic E-state index is -0.733. The molecule has 2 N–H and O–H groups in total. The van der Waals surface area contributed by atoms with Crippen molar-refractivity contribution in [2.45, 2.75) is 0 Å². The van der Waals surface area contributed by atoms with Crippen LogP contribution >= 0.6 is 0 Å². The van der Waals surface area contributed by atoms with E-state index in [9.17, 15) is 19.0 Å². The third kappa shape index (κ3) is 1.32. The van der Waals surface area contributed by atoms with Gasteiger partial charge in [-0.05, 0) is 35.0 Å². The van der Waals surface area contributed by atoms with E-state index in [0.29, 0.717) is 10.8 Å². The summed E-state index contributed by atoms with van der Waals surface area (Å²) in [5.41, 5.74) is 0.